The predicted molar refractivity (Wildman–Crippen MR) is 50.6 cm³/mol. The first-order valence-electron chi connectivity index (χ1n) is 3.85. The molecule has 0 aliphatic heterocycles. The van der Waals surface area contributed by atoms with Crippen molar-refractivity contribution < 1.29 is 0 Å². The van der Waals surface area contributed by atoms with E-state index in [0.717, 1.165) is 17.3 Å². The molecule has 2 heteroatoms. The lowest BCUT2D eigenvalue weighted by molar-refractivity contribution is 0.665. The van der Waals surface area contributed by atoms with Gasteiger partial charge in [-0.3, -0.25) is 0 Å². The molecule has 11 heavy (non-hydrogen) atoms. The van der Waals surface area contributed by atoms with Crippen LogP contribution in [0.3, 0.4) is 0 Å². The molecule has 1 aromatic rings. The van der Waals surface area contributed by atoms with Crippen molar-refractivity contribution in [1.29, 1.82) is 0 Å². The van der Waals surface area contributed by atoms with Crippen LogP contribution in [0.25, 0.3) is 6.08 Å². The molecule has 1 heterocycles. The first kappa shape index (κ1) is 8.47. The zero-order valence-electron chi connectivity index (χ0n) is 6.95. The zero-order valence-corrected chi connectivity index (χ0v) is 7.77. The molecule has 0 N–H and O–H groups in total. The smallest absolute Gasteiger partial charge is 0.115 e. The Balaban J connectivity index is 2.37. The predicted octanol–water partition coefficient (Wildman–Crippen LogP) is 3.20. The van der Waals surface area contributed by atoms with Crippen LogP contribution in [0.1, 0.15) is 25.3 Å². The minimum Gasteiger partial charge on any atom is -0.245 e. The van der Waals surface area contributed by atoms with Crippen LogP contribution < -0.4 is 0 Å². The van der Waals surface area contributed by atoms with E-state index in [1.54, 1.807) is 11.3 Å². The van der Waals surface area contributed by atoms with Crippen molar-refractivity contribution >= 4 is 17.4 Å². The standard InChI is InChI=1S/C9H13NS/c1-8(2)4-3-5-9-10-6-7-11-9/h3,5-8H,4H2,1-2H3/b5-3+. The lowest BCUT2D eigenvalue weighted by atomic mass is 10.1. The van der Waals surface area contributed by atoms with E-state index >= 15 is 0 Å². The van der Waals surface area contributed by atoms with Crippen LogP contribution in [0.15, 0.2) is 17.7 Å². The van der Waals surface area contributed by atoms with Crippen LogP contribution in [0.2, 0.25) is 0 Å². The van der Waals surface area contributed by atoms with E-state index in [9.17, 15) is 0 Å². The van der Waals surface area contributed by atoms with Crippen molar-refractivity contribution in [2.75, 3.05) is 0 Å². The molecule has 0 saturated carbocycles. The van der Waals surface area contributed by atoms with Gasteiger partial charge >= 0.3 is 0 Å². The van der Waals surface area contributed by atoms with Crippen LogP contribution in [0.4, 0.5) is 0 Å². The number of rotatable bonds is 3. The van der Waals surface area contributed by atoms with Gasteiger partial charge in [-0.15, -0.1) is 11.3 Å². The molecule has 0 aliphatic carbocycles. The Hall–Kier alpha value is -0.630. The van der Waals surface area contributed by atoms with Crippen LogP contribution in [0.5, 0.6) is 0 Å². The second-order valence-corrected chi connectivity index (χ2v) is 3.83. The normalized spacial score (nSPS) is 11.5. The van der Waals surface area contributed by atoms with E-state index in [0.29, 0.717) is 0 Å². The Morgan fingerprint density at radius 3 is 3.00 bits per heavy atom. The maximum atomic E-state index is 4.14. The molecule has 0 spiro atoms. The summed E-state index contributed by atoms with van der Waals surface area (Å²) in [6.07, 6.45) is 7.24. The van der Waals surface area contributed by atoms with Crippen LogP contribution in [-0.2, 0) is 0 Å². The third-order valence-electron chi connectivity index (χ3n) is 1.32. The Morgan fingerprint density at radius 2 is 2.45 bits per heavy atom. The Labute approximate surface area is 71.8 Å². The van der Waals surface area contributed by atoms with Gasteiger partial charge in [0.05, 0.1) is 0 Å². The lowest BCUT2D eigenvalue weighted by Gasteiger charge is -1.94. The molecule has 60 valence electrons. The van der Waals surface area contributed by atoms with Gasteiger partial charge in [-0.1, -0.05) is 19.9 Å². The van der Waals surface area contributed by atoms with E-state index in [4.69, 9.17) is 0 Å². The molecule has 1 rings (SSSR count). The Morgan fingerprint density at radius 1 is 1.64 bits per heavy atom. The van der Waals surface area contributed by atoms with E-state index in [-0.39, 0.29) is 0 Å². The highest BCUT2D eigenvalue weighted by molar-refractivity contribution is 7.10. The number of hydrogen-bond acceptors (Lipinski definition) is 2. The quantitative estimate of drug-likeness (QED) is 0.673. The highest BCUT2D eigenvalue weighted by Gasteiger charge is 1.89. The summed E-state index contributed by atoms with van der Waals surface area (Å²) >= 11 is 1.68. The number of nitrogens with zero attached hydrogens (tertiary/aromatic N) is 1. The SMILES string of the molecule is CC(C)C/C=C/c1nccs1. The Bertz CT molecular complexity index is 211. The molecule has 0 radical (unpaired) electrons. The summed E-state index contributed by atoms with van der Waals surface area (Å²) in [5, 5.41) is 3.10. The molecule has 0 amide bonds. The van der Waals surface area contributed by atoms with Crippen molar-refractivity contribution in [2.24, 2.45) is 5.92 Å². The number of hydrogen-bond donors (Lipinski definition) is 0. The highest BCUT2D eigenvalue weighted by atomic mass is 32.1. The summed E-state index contributed by atoms with van der Waals surface area (Å²) in [7, 11) is 0. The third kappa shape index (κ3) is 3.33. The van der Waals surface area contributed by atoms with Crippen molar-refractivity contribution in [3.8, 4) is 0 Å². The molecule has 0 atom stereocenters. The summed E-state index contributed by atoms with van der Waals surface area (Å²) in [5.41, 5.74) is 0. The van der Waals surface area contributed by atoms with Gasteiger partial charge in [0.15, 0.2) is 0 Å². The van der Waals surface area contributed by atoms with Gasteiger partial charge in [-0.05, 0) is 18.4 Å². The van der Waals surface area contributed by atoms with Gasteiger partial charge in [-0.25, -0.2) is 4.98 Å². The van der Waals surface area contributed by atoms with Crippen molar-refractivity contribution in [1.82, 2.24) is 4.98 Å². The average Bonchev–Trinajstić information content (AvgIpc) is 2.39. The molecule has 0 bridgehead atoms. The molecule has 1 aromatic heterocycles. The molecule has 1 nitrogen and oxygen atoms in total. The van der Waals surface area contributed by atoms with Crippen molar-refractivity contribution in [3.63, 3.8) is 0 Å². The maximum Gasteiger partial charge on any atom is 0.115 e. The minimum atomic E-state index is 0.742. The summed E-state index contributed by atoms with van der Waals surface area (Å²) in [4.78, 5) is 4.14. The third-order valence-corrected chi connectivity index (χ3v) is 2.06. The number of aromatic nitrogens is 1. The lowest BCUT2D eigenvalue weighted by Crippen LogP contribution is -1.80. The van der Waals surface area contributed by atoms with Crippen molar-refractivity contribution in [3.05, 3.63) is 22.7 Å². The summed E-state index contributed by atoms with van der Waals surface area (Å²) < 4.78 is 0. The summed E-state index contributed by atoms with van der Waals surface area (Å²) in [6, 6.07) is 0. The van der Waals surface area contributed by atoms with E-state index in [1.807, 2.05) is 11.6 Å². The molecular formula is C9H13NS. The molecule has 0 aromatic carbocycles. The monoisotopic (exact) mass is 167 g/mol. The number of allylic oxidation sites excluding steroid dienone is 1. The Kier molecular flexibility index (Phi) is 3.30. The van der Waals surface area contributed by atoms with Gasteiger partial charge in [-0.2, -0.15) is 0 Å². The fourth-order valence-electron chi connectivity index (χ4n) is 0.758. The maximum absolute atomic E-state index is 4.14. The van der Waals surface area contributed by atoms with Gasteiger partial charge in [0.25, 0.3) is 0 Å². The zero-order chi connectivity index (χ0) is 8.10. The highest BCUT2D eigenvalue weighted by Crippen LogP contribution is 2.08. The van der Waals surface area contributed by atoms with Gasteiger partial charge in [0.1, 0.15) is 5.01 Å². The number of thiazole rings is 1. The molecule has 0 saturated heterocycles. The topological polar surface area (TPSA) is 12.9 Å². The second kappa shape index (κ2) is 4.29. The first-order valence-corrected chi connectivity index (χ1v) is 4.73. The average molecular weight is 167 g/mol. The molecule has 0 aliphatic rings. The van der Waals surface area contributed by atoms with Gasteiger partial charge in [0.2, 0.25) is 0 Å². The fraction of sp³-hybridized carbons (Fsp3) is 0.444. The molecular weight excluding hydrogens is 154 g/mol. The first-order chi connectivity index (χ1) is 5.29. The molecule has 0 unspecified atom stereocenters. The minimum absolute atomic E-state index is 0.742. The second-order valence-electron chi connectivity index (χ2n) is 2.90. The van der Waals surface area contributed by atoms with Crippen LogP contribution in [0, 0.1) is 5.92 Å². The van der Waals surface area contributed by atoms with Crippen molar-refractivity contribution in [2.45, 2.75) is 20.3 Å². The van der Waals surface area contributed by atoms with E-state index < -0.39 is 0 Å². The molecule has 0 fully saturated rings. The van der Waals surface area contributed by atoms with Crippen LogP contribution >= 0.6 is 11.3 Å². The fourth-order valence-corrected chi connectivity index (χ4v) is 1.32. The summed E-state index contributed by atoms with van der Waals surface area (Å²) in [6.45, 7) is 4.43. The largest absolute Gasteiger partial charge is 0.245 e. The van der Waals surface area contributed by atoms with Gasteiger partial charge < -0.3 is 0 Å². The van der Waals surface area contributed by atoms with Crippen LogP contribution in [-0.4, -0.2) is 4.98 Å². The summed E-state index contributed by atoms with van der Waals surface area (Å²) in [5.74, 6) is 0.742. The van der Waals surface area contributed by atoms with E-state index in [2.05, 4.69) is 31.0 Å². The van der Waals surface area contributed by atoms with E-state index in [1.165, 1.54) is 0 Å². The van der Waals surface area contributed by atoms with Gasteiger partial charge in [0, 0.05) is 11.6 Å².